The SMILES string of the molecule is C[C@@H](c1ccccc1)N(C)C(=O)c1ccc(/C=C2\SC(=O)NC2=O)cc1. The molecular formula is C20H18N2O3S. The number of hydrogen-bond acceptors (Lipinski definition) is 4. The van der Waals surface area contributed by atoms with Gasteiger partial charge in [0.1, 0.15) is 0 Å². The van der Waals surface area contributed by atoms with Crippen molar-refractivity contribution in [3.8, 4) is 0 Å². The van der Waals surface area contributed by atoms with Crippen LogP contribution >= 0.6 is 11.8 Å². The number of carbonyl (C=O) groups excluding carboxylic acids is 3. The molecule has 2 aromatic rings. The average Bonchev–Trinajstić information content (AvgIpc) is 2.98. The van der Waals surface area contributed by atoms with E-state index in [9.17, 15) is 14.4 Å². The van der Waals surface area contributed by atoms with Crippen molar-refractivity contribution in [3.63, 3.8) is 0 Å². The Morgan fingerprint density at radius 1 is 1.08 bits per heavy atom. The van der Waals surface area contributed by atoms with Gasteiger partial charge >= 0.3 is 0 Å². The van der Waals surface area contributed by atoms with Crippen molar-refractivity contribution in [1.82, 2.24) is 10.2 Å². The van der Waals surface area contributed by atoms with Crippen LogP contribution in [0.25, 0.3) is 6.08 Å². The van der Waals surface area contributed by atoms with Crippen LogP contribution in [0.4, 0.5) is 4.79 Å². The first-order valence-corrected chi connectivity index (χ1v) is 8.94. The first-order valence-electron chi connectivity index (χ1n) is 8.13. The van der Waals surface area contributed by atoms with Crippen molar-refractivity contribution in [2.24, 2.45) is 0 Å². The van der Waals surface area contributed by atoms with Crippen LogP contribution in [0, 0.1) is 0 Å². The summed E-state index contributed by atoms with van der Waals surface area (Å²) in [6, 6.07) is 16.8. The predicted octanol–water partition coefficient (Wildman–Crippen LogP) is 3.84. The second kappa shape index (κ2) is 7.58. The third kappa shape index (κ3) is 3.86. The summed E-state index contributed by atoms with van der Waals surface area (Å²) < 4.78 is 0. The Morgan fingerprint density at radius 3 is 2.31 bits per heavy atom. The fourth-order valence-electron chi connectivity index (χ4n) is 2.63. The number of amides is 3. The van der Waals surface area contributed by atoms with E-state index in [1.54, 1.807) is 42.3 Å². The highest BCUT2D eigenvalue weighted by molar-refractivity contribution is 8.18. The van der Waals surface area contributed by atoms with Gasteiger partial charge < -0.3 is 4.90 Å². The Hall–Kier alpha value is -2.86. The summed E-state index contributed by atoms with van der Waals surface area (Å²) in [5.74, 6) is -0.472. The van der Waals surface area contributed by atoms with Gasteiger partial charge in [0.15, 0.2) is 0 Å². The normalized spacial score (nSPS) is 16.5. The molecule has 3 rings (SSSR count). The minimum Gasteiger partial charge on any atom is -0.335 e. The number of thioether (sulfide) groups is 1. The number of nitrogens with zero attached hydrogens (tertiary/aromatic N) is 1. The minimum absolute atomic E-state index is 0.0462. The van der Waals surface area contributed by atoms with E-state index in [0.29, 0.717) is 10.5 Å². The third-order valence-electron chi connectivity index (χ3n) is 4.28. The number of hydrogen-bond donors (Lipinski definition) is 1. The number of rotatable bonds is 4. The van der Waals surface area contributed by atoms with Crippen molar-refractivity contribution in [2.75, 3.05) is 7.05 Å². The van der Waals surface area contributed by atoms with Gasteiger partial charge in [0.05, 0.1) is 10.9 Å². The van der Waals surface area contributed by atoms with Gasteiger partial charge in [0.2, 0.25) is 0 Å². The lowest BCUT2D eigenvalue weighted by molar-refractivity contribution is -0.115. The van der Waals surface area contributed by atoms with Crippen molar-refractivity contribution in [3.05, 3.63) is 76.2 Å². The second-order valence-electron chi connectivity index (χ2n) is 5.98. The Bertz CT molecular complexity index is 876. The van der Waals surface area contributed by atoms with Gasteiger partial charge in [0.25, 0.3) is 17.1 Å². The smallest absolute Gasteiger partial charge is 0.290 e. The molecule has 1 heterocycles. The van der Waals surface area contributed by atoms with E-state index in [-0.39, 0.29) is 17.2 Å². The van der Waals surface area contributed by atoms with Crippen LogP contribution < -0.4 is 5.32 Å². The molecule has 26 heavy (non-hydrogen) atoms. The summed E-state index contributed by atoms with van der Waals surface area (Å²) in [4.78, 5) is 37.5. The number of nitrogens with one attached hydrogen (secondary N) is 1. The second-order valence-corrected chi connectivity index (χ2v) is 6.99. The Balaban J connectivity index is 1.74. The summed E-state index contributed by atoms with van der Waals surface area (Å²) >= 11 is 0.872. The fourth-order valence-corrected chi connectivity index (χ4v) is 3.31. The molecule has 3 amide bonds. The highest BCUT2D eigenvalue weighted by Crippen LogP contribution is 2.26. The van der Waals surface area contributed by atoms with Gasteiger partial charge in [-0.25, -0.2) is 0 Å². The quantitative estimate of drug-likeness (QED) is 0.835. The van der Waals surface area contributed by atoms with Crippen LogP contribution in [0.15, 0.2) is 59.5 Å². The van der Waals surface area contributed by atoms with Crippen LogP contribution in [0.5, 0.6) is 0 Å². The van der Waals surface area contributed by atoms with Crippen LogP contribution in [-0.4, -0.2) is 29.0 Å². The van der Waals surface area contributed by atoms with Gasteiger partial charge in [-0.15, -0.1) is 0 Å². The predicted molar refractivity (Wildman–Crippen MR) is 102 cm³/mol. The molecule has 0 aromatic heterocycles. The van der Waals surface area contributed by atoms with E-state index in [2.05, 4.69) is 5.32 Å². The molecule has 1 aliphatic heterocycles. The molecule has 0 spiro atoms. The molecule has 0 aliphatic carbocycles. The van der Waals surface area contributed by atoms with E-state index in [4.69, 9.17) is 0 Å². The fraction of sp³-hybridized carbons (Fsp3) is 0.150. The molecule has 0 radical (unpaired) electrons. The van der Waals surface area contributed by atoms with E-state index >= 15 is 0 Å². The molecule has 0 bridgehead atoms. The van der Waals surface area contributed by atoms with Crippen LogP contribution in [0.3, 0.4) is 0 Å². The van der Waals surface area contributed by atoms with Crippen molar-refractivity contribution >= 4 is 34.9 Å². The molecule has 0 saturated carbocycles. The molecule has 0 unspecified atom stereocenters. The zero-order chi connectivity index (χ0) is 18.7. The lowest BCUT2D eigenvalue weighted by Gasteiger charge is -2.25. The number of benzene rings is 2. The number of carbonyl (C=O) groups is 3. The summed E-state index contributed by atoms with van der Waals surface area (Å²) in [5.41, 5.74) is 2.39. The zero-order valence-electron chi connectivity index (χ0n) is 14.4. The highest BCUT2D eigenvalue weighted by atomic mass is 32.2. The first-order chi connectivity index (χ1) is 12.5. The van der Waals surface area contributed by atoms with Gasteiger partial charge in [-0.2, -0.15) is 0 Å². The summed E-state index contributed by atoms with van der Waals surface area (Å²) in [7, 11) is 1.78. The molecular weight excluding hydrogens is 348 g/mol. The molecule has 1 atom stereocenters. The van der Waals surface area contributed by atoms with Gasteiger partial charge in [-0.1, -0.05) is 42.5 Å². The molecule has 2 aromatic carbocycles. The van der Waals surface area contributed by atoms with Gasteiger partial charge in [-0.05, 0) is 48.0 Å². The Labute approximate surface area is 156 Å². The molecule has 1 fully saturated rings. The van der Waals surface area contributed by atoms with E-state index in [1.165, 1.54) is 0 Å². The molecule has 5 nitrogen and oxygen atoms in total. The molecule has 1 N–H and O–H groups in total. The molecule has 132 valence electrons. The van der Waals surface area contributed by atoms with E-state index in [1.807, 2.05) is 37.3 Å². The Morgan fingerprint density at radius 2 is 1.73 bits per heavy atom. The Kier molecular flexibility index (Phi) is 5.23. The maximum Gasteiger partial charge on any atom is 0.290 e. The van der Waals surface area contributed by atoms with Crippen LogP contribution in [0.2, 0.25) is 0 Å². The topological polar surface area (TPSA) is 66.5 Å². The lowest BCUT2D eigenvalue weighted by Crippen LogP contribution is -2.29. The average molecular weight is 366 g/mol. The lowest BCUT2D eigenvalue weighted by atomic mass is 10.1. The highest BCUT2D eigenvalue weighted by Gasteiger charge is 2.25. The van der Waals surface area contributed by atoms with Crippen molar-refractivity contribution < 1.29 is 14.4 Å². The summed E-state index contributed by atoms with van der Waals surface area (Å²) in [6.07, 6.45) is 1.63. The molecule has 6 heteroatoms. The monoisotopic (exact) mass is 366 g/mol. The van der Waals surface area contributed by atoms with Gasteiger partial charge in [0, 0.05) is 12.6 Å². The minimum atomic E-state index is -0.392. The maximum absolute atomic E-state index is 12.7. The maximum atomic E-state index is 12.7. The zero-order valence-corrected chi connectivity index (χ0v) is 15.2. The summed E-state index contributed by atoms with van der Waals surface area (Å²) in [6.45, 7) is 1.99. The largest absolute Gasteiger partial charge is 0.335 e. The first kappa shape index (κ1) is 17.9. The standard InChI is InChI=1S/C20H18N2O3S/c1-13(15-6-4-3-5-7-15)22(2)19(24)16-10-8-14(9-11-16)12-17-18(23)21-20(25)26-17/h3-13H,1-2H3,(H,21,23,25)/b17-12-/t13-/m0/s1. The third-order valence-corrected chi connectivity index (χ3v) is 5.09. The van der Waals surface area contributed by atoms with Crippen molar-refractivity contribution in [2.45, 2.75) is 13.0 Å². The van der Waals surface area contributed by atoms with Crippen LogP contribution in [0.1, 0.15) is 34.5 Å². The molecule has 1 saturated heterocycles. The van der Waals surface area contributed by atoms with Crippen molar-refractivity contribution in [1.29, 1.82) is 0 Å². The van der Waals surface area contributed by atoms with E-state index in [0.717, 1.165) is 22.9 Å². The number of imide groups is 1. The van der Waals surface area contributed by atoms with Gasteiger partial charge in [-0.3, -0.25) is 19.7 Å². The van der Waals surface area contributed by atoms with Crippen LogP contribution in [-0.2, 0) is 4.79 Å². The summed E-state index contributed by atoms with van der Waals surface area (Å²) in [5, 5.41) is 1.84. The molecule has 1 aliphatic rings. The van der Waals surface area contributed by atoms with E-state index < -0.39 is 5.91 Å².